The second kappa shape index (κ2) is 9.31. The molecule has 0 spiro atoms. The quantitative estimate of drug-likeness (QED) is 0.547. The van der Waals surface area contributed by atoms with Gasteiger partial charge in [0.2, 0.25) is 5.91 Å². The van der Waals surface area contributed by atoms with Crippen LogP contribution >= 0.6 is 11.8 Å². The lowest BCUT2D eigenvalue weighted by atomic mass is 10.0. The van der Waals surface area contributed by atoms with Gasteiger partial charge in [0.05, 0.1) is 5.25 Å². The highest BCUT2D eigenvalue weighted by molar-refractivity contribution is 8.00. The number of aliphatic carboxylic acids is 1. The number of nitrogens with one attached hydrogen (secondary N) is 2. The number of thioether (sulfide) groups is 1. The molecule has 6 heteroatoms. The number of benzene rings is 1. The van der Waals surface area contributed by atoms with Crippen molar-refractivity contribution in [2.24, 2.45) is 11.8 Å². The summed E-state index contributed by atoms with van der Waals surface area (Å²) >= 11 is 1.51. The Kier molecular flexibility index (Phi) is 7.36. The van der Waals surface area contributed by atoms with Crippen LogP contribution in [0.5, 0.6) is 0 Å². The number of carboxylic acids is 1. The highest BCUT2D eigenvalue weighted by atomic mass is 32.2. The third kappa shape index (κ3) is 5.76. The summed E-state index contributed by atoms with van der Waals surface area (Å²) in [5, 5.41) is 13.0. The van der Waals surface area contributed by atoms with E-state index in [-0.39, 0.29) is 17.1 Å². The molecule has 0 saturated carbocycles. The van der Waals surface area contributed by atoms with Gasteiger partial charge in [0, 0.05) is 22.0 Å². The minimum absolute atomic E-state index is 0.193. The average molecular weight is 391 g/mol. The van der Waals surface area contributed by atoms with E-state index in [1.54, 1.807) is 0 Å². The van der Waals surface area contributed by atoms with Crippen LogP contribution in [-0.4, -0.2) is 33.3 Å². The predicted molar refractivity (Wildman–Crippen MR) is 111 cm³/mol. The first-order chi connectivity index (χ1) is 12.7. The number of carbonyl (C=O) groups excluding carboxylic acids is 1. The van der Waals surface area contributed by atoms with Gasteiger partial charge < -0.3 is 15.4 Å². The van der Waals surface area contributed by atoms with Gasteiger partial charge in [-0.3, -0.25) is 4.79 Å². The number of rotatable bonds is 9. The second-order valence-electron chi connectivity index (χ2n) is 7.92. The third-order valence-corrected chi connectivity index (χ3v) is 5.71. The maximum atomic E-state index is 12.9. The summed E-state index contributed by atoms with van der Waals surface area (Å²) in [7, 11) is 0. The Morgan fingerprint density at radius 1 is 1.15 bits per heavy atom. The lowest BCUT2D eigenvalue weighted by molar-refractivity contribution is -0.142. The SMILES string of the molecule is Cc1cccc2[nH]cc(S[C@H](CC(C)C)C(=O)NC(CC(C)C)C(=O)O)c12. The normalized spacial score (nSPS) is 13.9. The Bertz CT molecular complexity index is 798. The van der Waals surface area contributed by atoms with Gasteiger partial charge in [-0.1, -0.05) is 39.8 Å². The van der Waals surface area contributed by atoms with E-state index in [9.17, 15) is 14.7 Å². The van der Waals surface area contributed by atoms with Crippen molar-refractivity contribution in [1.82, 2.24) is 10.3 Å². The van der Waals surface area contributed by atoms with Crippen LogP contribution in [0.15, 0.2) is 29.3 Å². The summed E-state index contributed by atoms with van der Waals surface area (Å²) in [4.78, 5) is 28.7. The Morgan fingerprint density at radius 3 is 2.41 bits per heavy atom. The van der Waals surface area contributed by atoms with E-state index in [0.717, 1.165) is 21.4 Å². The standard InChI is InChI=1S/C21H30N2O3S/c1-12(2)9-16(21(25)26)23-20(24)17(10-13(3)4)27-18-11-22-15-8-6-7-14(5)19(15)18/h6-8,11-13,16-17,22H,9-10H2,1-5H3,(H,23,24)(H,25,26)/t16?,17-/m1/s1. The minimum atomic E-state index is -0.978. The van der Waals surface area contributed by atoms with Crippen molar-refractivity contribution in [3.8, 4) is 0 Å². The molecule has 1 unspecified atom stereocenters. The molecule has 0 aliphatic rings. The average Bonchev–Trinajstić information content (AvgIpc) is 2.97. The van der Waals surface area contributed by atoms with E-state index in [0.29, 0.717) is 18.8 Å². The number of carbonyl (C=O) groups is 2. The summed E-state index contributed by atoms with van der Waals surface area (Å²) in [6.07, 6.45) is 3.04. The molecule has 0 radical (unpaired) electrons. The fraction of sp³-hybridized carbons (Fsp3) is 0.524. The van der Waals surface area contributed by atoms with Crippen molar-refractivity contribution in [1.29, 1.82) is 0 Å². The first-order valence-electron chi connectivity index (χ1n) is 9.45. The van der Waals surface area contributed by atoms with Gasteiger partial charge in [0.1, 0.15) is 6.04 Å². The Balaban J connectivity index is 2.23. The van der Waals surface area contributed by atoms with E-state index >= 15 is 0 Å². The lowest BCUT2D eigenvalue weighted by Crippen LogP contribution is -2.45. The third-order valence-electron chi connectivity index (χ3n) is 4.45. The zero-order chi connectivity index (χ0) is 20.1. The molecule has 2 atom stereocenters. The fourth-order valence-electron chi connectivity index (χ4n) is 3.17. The van der Waals surface area contributed by atoms with E-state index in [1.165, 1.54) is 11.8 Å². The highest BCUT2D eigenvalue weighted by Crippen LogP contribution is 2.35. The molecule has 0 aliphatic carbocycles. The van der Waals surface area contributed by atoms with E-state index in [1.807, 2.05) is 32.2 Å². The molecule has 1 aromatic heterocycles. The van der Waals surface area contributed by atoms with E-state index < -0.39 is 12.0 Å². The molecule has 148 valence electrons. The molecule has 0 saturated heterocycles. The molecular formula is C21H30N2O3S. The van der Waals surface area contributed by atoms with Crippen LogP contribution in [0.1, 0.15) is 46.1 Å². The molecule has 2 aromatic rings. The second-order valence-corrected chi connectivity index (χ2v) is 9.16. The maximum Gasteiger partial charge on any atom is 0.326 e. The van der Waals surface area contributed by atoms with Gasteiger partial charge in [-0.25, -0.2) is 4.79 Å². The molecule has 1 amide bonds. The van der Waals surface area contributed by atoms with Gasteiger partial charge >= 0.3 is 5.97 Å². The lowest BCUT2D eigenvalue weighted by Gasteiger charge is -2.22. The van der Waals surface area contributed by atoms with Gasteiger partial charge in [0.15, 0.2) is 0 Å². The molecular weight excluding hydrogens is 360 g/mol. The number of hydrogen-bond donors (Lipinski definition) is 3. The van der Waals surface area contributed by atoms with Crippen LogP contribution in [0.25, 0.3) is 10.9 Å². The first-order valence-corrected chi connectivity index (χ1v) is 10.3. The number of aromatic nitrogens is 1. The van der Waals surface area contributed by atoms with Crippen molar-refractivity contribution < 1.29 is 14.7 Å². The van der Waals surface area contributed by atoms with Gasteiger partial charge in [0.25, 0.3) is 0 Å². The molecule has 0 aliphatic heterocycles. The zero-order valence-corrected chi connectivity index (χ0v) is 17.5. The summed E-state index contributed by atoms with van der Waals surface area (Å²) in [6.45, 7) is 10.1. The van der Waals surface area contributed by atoms with Crippen molar-refractivity contribution in [3.05, 3.63) is 30.0 Å². The van der Waals surface area contributed by atoms with Crippen LogP contribution < -0.4 is 5.32 Å². The maximum absolute atomic E-state index is 12.9. The van der Waals surface area contributed by atoms with Crippen LogP contribution in [0, 0.1) is 18.8 Å². The molecule has 27 heavy (non-hydrogen) atoms. The Hall–Kier alpha value is -1.95. The summed E-state index contributed by atoms with van der Waals surface area (Å²) in [5.41, 5.74) is 2.20. The topological polar surface area (TPSA) is 82.2 Å². The molecule has 0 bridgehead atoms. The van der Waals surface area contributed by atoms with E-state index in [4.69, 9.17) is 0 Å². The number of H-pyrrole nitrogens is 1. The molecule has 0 fully saturated rings. The summed E-state index contributed by atoms with van der Waals surface area (Å²) in [5.74, 6) is -0.662. The van der Waals surface area contributed by atoms with Gasteiger partial charge in [-0.2, -0.15) is 0 Å². The number of aryl methyl sites for hydroxylation is 1. The van der Waals surface area contributed by atoms with Gasteiger partial charge in [-0.05, 0) is 43.2 Å². The Labute approximate surface area is 165 Å². The number of hydrogen-bond acceptors (Lipinski definition) is 3. The smallest absolute Gasteiger partial charge is 0.326 e. The monoisotopic (exact) mass is 390 g/mol. The van der Waals surface area contributed by atoms with Crippen molar-refractivity contribution in [2.75, 3.05) is 0 Å². The number of carboxylic acid groups (broad SMARTS) is 1. The first kappa shape index (κ1) is 21.4. The zero-order valence-electron chi connectivity index (χ0n) is 16.7. The highest BCUT2D eigenvalue weighted by Gasteiger charge is 2.28. The van der Waals surface area contributed by atoms with E-state index in [2.05, 4.69) is 37.1 Å². The fourth-order valence-corrected chi connectivity index (χ4v) is 4.65. The molecule has 5 nitrogen and oxygen atoms in total. The predicted octanol–water partition coefficient (Wildman–Crippen LogP) is 4.60. The molecule has 1 heterocycles. The Morgan fingerprint density at radius 2 is 1.81 bits per heavy atom. The number of fused-ring (bicyclic) bond motifs is 1. The van der Waals surface area contributed by atoms with Crippen molar-refractivity contribution in [3.63, 3.8) is 0 Å². The largest absolute Gasteiger partial charge is 0.480 e. The van der Waals surface area contributed by atoms with Crippen LogP contribution in [0.2, 0.25) is 0 Å². The molecule has 3 N–H and O–H groups in total. The summed E-state index contributed by atoms with van der Waals surface area (Å²) in [6, 6.07) is 5.23. The van der Waals surface area contributed by atoms with Gasteiger partial charge in [-0.15, -0.1) is 11.8 Å². The van der Waals surface area contributed by atoms with Crippen LogP contribution in [-0.2, 0) is 9.59 Å². The molecule has 2 rings (SSSR count). The number of aromatic amines is 1. The van der Waals surface area contributed by atoms with Crippen molar-refractivity contribution >= 4 is 34.5 Å². The molecule has 1 aromatic carbocycles. The summed E-state index contributed by atoms with van der Waals surface area (Å²) < 4.78 is 0. The number of amides is 1. The minimum Gasteiger partial charge on any atom is -0.480 e. The van der Waals surface area contributed by atoms with Crippen molar-refractivity contribution in [2.45, 2.75) is 63.6 Å². The van der Waals surface area contributed by atoms with Crippen LogP contribution in [0.4, 0.5) is 0 Å². The van der Waals surface area contributed by atoms with Crippen LogP contribution in [0.3, 0.4) is 0 Å².